The summed E-state index contributed by atoms with van der Waals surface area (Å²) >= 11 is 6.51. The SMILES string of the molecule is O=C(CCCCn1ccnc1)c1ccc2nc(-c3ccccc3Cl)c(-c3ccccc3)nc2c1. The Balaban J connectivity index is 1.46. The maximum absolute atomic E-state index is 12.9. The van der Waals surface area contributed by atoms with Gasteiger partial charge in [0.15, 0.2) is 5.78 Å². The Labute approximate surface area is 203 Å². The van der Waals surface area contributed by atoms with Crippen LogP contribution in [0.1, 0.15) is 29.6 Å². The van der Waals surface area contributed by atoms with E-state index >= 15 is 0 Å². The van der Waals surface area contributed by atoms with Crippen LogP contribution in [0.3, 0.4) is 0 Å². The smallest absolute Gasteiger partial charge is 0.162 e. The lowest BCUT2D eigenvalue weighted by atomic mass is 10.0. The number of nitrogens with zero attached hydrogens (tertiary/aromatic N) is 4. The van der Waals surface area contributed by atoms with Gasteiger partial charge >= 0.3 is 0 Å². The van der Waals surface area contributed by atoms with Gasteiger partial charge in [-0.1, -0.05) is 60.1 Å². The molecule has 0 aliphatic carbocycles. The number of aromatic nitrogens is 4. The molecule has 5 nitrogen and oxygen atoms in total. The number of hydrogen-bond donors (Lipinski definition) is 0. The summed E-state index contributed by atoms with van der Waals surface area (Å²) in [6.45, 7) is 0.863. The van der Waals surface area contributed by atoms with Crippen molar-refractivity contribution >= 4 is 28.4 Å². The Kier molecular flexibility index (Phi) is 6.45. The zero-order valence-electron chi connectivity index (χ0n) is 18.6. The van der Waals surface area contributed by atoms with Crippen molar-refractivity contribution in [2.75, 3.05) is 0 Å². The molecule has 5 rings (SSSR count). The van der Waals surface area contributed by atoms with E-state index in [1.165, 1.54) is 0 Å². The van der Waals surface area contributed by atoms with Crippen LogP contribution in [0.15, 0.2) is 91.5 Å². The standard InChI is InChI=1S/C28H23ClN4O/c29-23-11-5-4-10-22(23)28-27(20-8-2-1-3-9-20)32-25-18-21(13-14-24(25)31-28)26(34)12-6-7-16-33-17-15-30-19-33/h1-5,8-11,13-15,17-19H,6-7,12,16H2. The molecular weight excluding hydrogens is 444 g/mol. The van der Waals surface area contributed by atoms with Crippen molar-refractivity contribution in [1.82, 2.24) is 19.5 Å². The Bertz CT molecular complexity index is 1430. The van der Waals surface area contributed by atoms with Crippen molar-refractivity contribution in [2.24, 2.45) is 0 Å². The Morgan fingerprint density at radius 2 is 1.65 bits per heavy atom. The van der Waals surface area contributed by atoms with Crippen LogP contribution in [0.5, 0.6) is 0 Å². The van der Waals surface area contributed by atoms with Gasteiger partial charge in [0, 0.05) is 42.0 Å². The number of benzene rings is 3. The van der Waals surface area contributed by atoms with Crippen LogP contribution >= 0.6 is 11.6 Å². The zero-order valence-corrected chi connectivity index (χ0v) is 19.3. The highest BCUT2D eigenvalue weighted by atomic mass is 35.5. The van der Waals surface area contributed by atoms with Gasteiger partial charge in [0.25, 0.3) is 0 Å². The molecule has 0 amide bonds. The fraction of sp³-hybridized carbons (Fsp3) is 0.143. The normalized spacial score (nSPS) is 11.1. The summed E-state index contributed by atoms with van der Waals surface area (Å²) in [7, 11) is 0. The molecule has 0 saturated carbocycles. The van der Waals surface area contributed by atoms with E-state index in [1.54, 1.807) is 12.5 Å². The van der Waals surface area contributed by atoms with E-state index < -0.39 is 0 Å². The maximum Gasteiger partial charge on any atom is 0.162 e. The van der Waals surface area contributed by atoms with Crippen molar-refractivity contribution in [1.29, 1.82) is 0 Å². The molecule has 0 N–H and O–H groups in total. The quantitative estimate of drug-likeness (QED) is 0.185. The molecule has 0 aliphatic rings. The topological polar surface area (TPSA) is 60.7 Å². The van der Waals surface area contributed by atoms with Crippen LogP contribution in [0.4, 0.5) is 0 Å². The third-order valence-electron chi connectivity index (χ3n) is 5.79. The minimum Gasteiger partial charge on any atom is -0.337 e. The van der Waals surface area contributed by atoms with Crippen LogP contribution in [0, 0.1) is 0 Å². The van der Waals surface area contributed by atoms with E-state index in [2.05, 4.69) is 4.98 Å². The number of Topliss-reactive ketones (excluding diaryl/α,β-unsaturated/α-hetero) is 1. The van der Waals surface area contributed by atoms with Gasteiger partial charge in [-0.05, 0) is 37.1 Å². The summed E-state index contributed by atoms with van der Waals surface area (Å²) in [6, 6.07) is 23.1. The number of carbonyl (C=O) groups excluding carboxylic acids is 1. The average molecular weight is 467 g/mol. The first-order valence-corrected chi connectivity index (χ1v) is 11.7. The lowest BCUT2D eigenvalue weighted by Gasteiger charge is -2.12. The molecule has 0 unspecified atom stereocenters. The van der Waals surface area contributed by atoms with Crippen molar-refractivity contribution in [2.45, 2.75) is 25.8 Å². The second-order valence-electron chi connectivity index (χ2n) is 8.15. The van der Waals surface area contributed by atoms with E-state index in [4.69, 9.17) is 21.6 Å². The molecule has 0 atom stereocenters. The highest BCUT2D eigenvalue weighted by Gasteiger charge is 2.16. The predicted octanol–water partition coefficient (Wildman–Crippen LogP) is 6.87. The Morgan fingerprint density at radius 3 is 2.44 bits per heavy atom. The molecule has 0 spiro atoms. The fourth-order valence-corrected chi connectivity index (χ4v) is 4.23. The molecule has 0 saturated heterocycles. The molecule has 6 heteroatoms. The van der Waals surface area contributed by atoms with Gasteiger partial charge in [-0.25, -0.2) is 15.0 Å². The number of rotatable bonds is 8. The summed E-state index contributed by atoms with van der Waals surface area (Å²) in [5.41, 5.74) is 5.33. The first-order valence-electron chi connectivity index (χ1n) is 11.3. The van der Waals surface area contributed by atoms with Crippen molar-refractivity contribution in [3.63, 3.8) is 0 Å². The minimum absolute atomic E-state index is 0.116. The van der Waals surface area contributed by atoms with Crippen LogP contribution in [0.25, 0.3) is 33.5 Å². The third-order valence-corrected chi connectivity index (χ3v) is 6.12. The number of ketones is 1. The van der Waals surface area contributed by atoms with Crippen LogP contribution in [-0.2, 0) is 6.54 Å². The molecule has 168 valence electrons. The lowest BCUT2D eigenvalue weighted by Crippen LogP contribution is -2.02. The number of unbranched alkanes of at least 4 members (excludes halogenated alkanes) is 1. The highest BCUT2D eigenvalue weighted by molar-refractivity contribution is 6.33. The Hall–Kier alpha value is -3.83. The zero-order chi connectivity index (χ0) is 23.3. The summed E-state index contributed by atoms with van der Waals surface area (Å²) in [6.07, 6.45) is 7.74. The molecule has 2 aromatic heterocycles. The van der Waals surface area contributed by atoms with Gasteiger partial charge in [0.05, 0.1) is 33.8 Å². The number of fused-ring (bicyclic) bond motifs is 1. The van der Waals surface area contributed by atoms with E-state index in [1.807, 2.05) is 83.6 Å². The minimum atomic E-state index is 0.116. The highest BCUT2D eigenvalue weighted by Crippen LogP contribution is 2.34. The molecule has 0 fully saturated rings. The van der Waals surface area contributed by atoms with E-state index in [0.29, 0.717) is 22.5 Å². The summed E-state index contributed by atoms with van der Waals surface area (Å²) in [4.78, 5) is 26.8. The van der Waals surface area contributed by atoms with Gasteiger partial charge in [0.2, 0.25) is 0 Å². The monoisotopic (exact) mass is 466 g/mol. The van der Waals surface area contributed by atoms with Crippen LogP contribution in [0.2, 0.25) is 5.02 Å². The van der Waals surface area contributed by atoms with Crippen LogP contribution in [-0.4, -0.2) is 25.3 Å². The van der Waals surface area contributed by atoms with Crippen molar-refractivity contribution < 1.29 is 4.79 Å². The molecular formula is C28H23ClN4O. The molecule has 2 heterocycles. The predicted molar refractivity (Wildman–Crippen MR) is 136 cm³/mol. The lowest BCUT2D eigenvalue weighted by molar-refractivity contribution is 0.0979. The van der Waals surface area contributed by atoms with E-state index in [0.717, 1.165) is 47.4 Å². The molecule has 3 aromatic carbocycles. The first kappa shape index (κ1) is 22.0. The number of halogens is 1. The average Bonchev–Trinajstić information content (AvgIpc) is 3.40. The number of aryl methyl sites for hydroxylation is 1. The van der Waals surface area contributed by atoms with Gasteiger partial charge in [-0.15, -0.1) is 0 Å². The first-order chi connectivity index (χ1) is 16.7. The molecule has 0 bridgehead atoms. The maximum atomic E-state index is 12.9. The summed E-state index contributed by atoms with van der Waals surface area (Å²) < 4.78 is 2.03. The van der Waals surface area contributed by atoms with Gasteiger partial charge in [-0.3, -0.25) is 4.79 Å². The second kappa shape index (κ2) is 9.98. The Morgan fingerprint density at radius 1 is 0.853 bits per heavy atom. The third kappa shape index (κ3) is 4.75. The number of imidazole rings is 1. The molecule has 5 aromatic rings. The molecule has 0 radical (unpaired) electrons. The van der Waals surface area contributed by atoms with Crippen molar-refractivity contribution in [3.8, 4) is 22.5 Å². The van der Waals surface area contributed by atoms with Gasteiger partial charge < -0.3 is 4.57 Å². The van der Waals surface area contributed by atoms with E-state index in [-0.39, 0.29) is 5.78 Å². The fourth-order valence-electron chi connectivity index (χ4n) is 4.01. The summed E-state index contributed by atoms with van der Waals surface area (Å²) in [5.74, 6) is 0.116. The number of hydrogen-bond acceptors (Lipinski definition) is 4. The van der Waals surface area contributed by atoms with Gasteiger partial charge in [-0.2, -0.15) is 0 Å². The van der Waals surface area contributed by atoms with E-state index in [9.17, 15) is 4.79 Å². The molecule has 0 aliphatic heterocycles. The van der Waals surface area contributed by atoms with Crippen LogP contribution < -0.4 is 0 Å². The number of carbonyl (C=O) groups is 1. The second-order valence-corrected chi connectivity index (χ2v) is 8.56. The summed E-state index contributed by atoms with van der Waals surface area (Å²) in [5, 5.41) is 0.621. The van der Waals surface area contributed by atoms with Crippen molar-refractivity contribution in [3.05, 3.63) is 102 Å². The van der Waals surface area contributed by atoms with Gasteiger partial charge in [0.1, 0.15) is 0 Å². The molecule has 34 heavy (non-hydrogen) atoms. The largest absolute Gasteiger partial charge is 0.337 e.